The van der Waals surface area contributed by atoms with Gasteiger partial charge in [0.2, 0.25) is 0 Å². The lowest BCUT2D eigenvalue weighted by Crippen LogP contribution is -2.39. The molecule has 12 heteroatoms. The molecule has 0 aromatic carbocycles. The van der Waals surface area contributed by atoms with Crippen LogP contribution in [0.4, 0.5) is 13.2 Å². The van der Waals surface area contributed by atoms with Crippen LogP contribution in [0.3, 0.4) is 0 Å². The largest absolute Gasteiger partial charge is 0.433 e. The molecule has 29 heavy (non-hydrogen) atoms. The van der Waals surface area contributed by atoms with Crippen LogP contribution < -0.4 is 10.9 Å². The van der Waals surface area contributed by atoms with Crippen LogP contribution in [0.25, 0.3) is 16.9 Å². The molecule has 1 unspecified atom stereocenters. The first-order valence-corrected chi connectivity index (χ1v) is 9.04. The molecule has 0 fully saturated rings. The number of rotatable bonds is 5. The highest BCUT2D eigenvalue weighted by atomic mass is 32.1. The Morgan fingerprint density at radius 1 is 1.34 bits per heavy atom. The fraction of sp³-hybridized carbons (Fsp3) is 0.235. The molecule has 0 aliphatic heterocycles. The Morgan fingerprint density at radius 3 is 2.66 bits per heavy atom. The number of carbonyl (C=O) groups is 1. The monoisotopic (exact) mass is 425 g/mol. The summed E-state index contributed by atoms with van der Waals surface area (Å²) in [5.74, 6) is -0.753. The van der Waals surface area contributed by atoms with E-state index in [1.165, 1.54) is 17.6 Å². The Labute approximate surface area is 165 Å². The second-order valence-corrected chi connectivity index (χ2v) is 6.69. The number of amides is 1. The van der Waals surface area contributed by atoms with Crippen LogP contribution in [0.15, 0.2) is 40.8 Å². The van der Waals surface area contributed by atoms with E-state index in [0.29, 0.717) is 5.69 Å². The van der Waals surface area contributed by atoms with Gasteiger partial charge in [-0.3, -0.25) is 14.6 Å². The van der Waals surface area contributed by atoms with Gasteiger partial charge in [-0.25, -0.2) is 0 Å². The summed E-state index contributed by atoms with van der Waals surface area (Å²) in [6, 6.07) is 2.49. The Balaban J connectivity index is 2.12. The molecule has 0 bridgehead atoms. The van der Waals surface area contributed by atoms with E-state index in [1.54, 1.807) is 6.92 Å². The molecule has 0 radical (unpaired) electrons. The third-order valence-corrected chi connectivity index (χ3v) is 4.40. The van der Waals surface area contributed by atoms with Crippen molar-refractivity contribution < 1.29 is 23.1 Å². The van der Waals surface area contributed by atoms with E-state index in [9.17, 15) is 22.8 Å². The number of hydrogen-bond donors (Lipinski definition) is 2. The molecule has 0 aliphatic rings. The Morgan fingerprint density at radius 2 is 2.10 bits per heavy atom. The minimum absolute atomic E-state index is 0.0684. The smallest absolute Gasteiger partial charge is 0.394 e. The highest BCUT2D eigenvalue weighted by Gasteiger charge is 2.32. The topological polar surface area (TPSA) is 110 Å². The molecule has 3 heterocycles. The number of carbonyl (C=O) groups excluding carboxylic acids is 1. The lowest BCUT2D eigenvalue weighted by molar-refractivity contribution is -0.141. The van der Waals surface area contributed by atoms with Gasteiger partial charge in [0.15, 0.2) is 0 Å². The van der Waals surface area contributed by atoms with Crippen molar-refractivity contribution in [2.45, 2.75) is 19.1 Å². The van der Waals surface area contributed by atoms with E-state index in [-0.39, 0.29) is 23.4 Å². The number of alkyl halides is 3. The summed E-state index contributed by atoms with van der Waals surface area (Å²) in [5.41, 5.74) is -1.56. The van der Waals surface area contributed by atoms with Crippen molar-refractivity contribution in [3.05, 3.63) is 57.6 Å². The minimum atomic E-state index is -4.60. The number of halogens is 3. The summed E-state index contributed by atoms with van der Waals surface area (Å²) < 4.78 is 43.1. The molecule has 0 aliphatic carbocycles. The molecular weight excluding hydrogens is 411 g/mol. The summed E-state index contributed by atoms with van der Waals surface area (Å²) in [7, 11) is 0. The number of nitrogens with zero attached hydrogens (tertiary/aromatic N) is 4. The first kappa shape index (κ1) is 20.6. The number of nitrogens with one attached hydrogen (secondary N) is 1. The van der Waals surface area contributed by atoms with Crippen LogP contribution in [0.5, 0.6) is 0 Å². The predicted molar refractivity (Wildman–Crippen MR) is 97.8 cm³/mol. The molecule has 1 amide bonds. The van der Waals surface area contributed by atoms with Gasteiger partial charge >= 0.3 is 6.18 Å². The van der Waals surface area contributed by atoms with Crippen LogP contribution in [0.2, 0.25) is 0 Å². The van der Waals surface area contributed by atoms with Gasteiger partial charge in [-0.1, -0.05) is 0 Å². The first-order valence-electron chi connectivity index (χ1n) is 8.20. The Kier molecular flexibility index (Phi) is 5.75. The number of pyridine rings is 1. The van der Waals surface area contributed by atoms with Crippen molar-refractivity contribution in [1.29, 1.82) is 0 Å². The van der Waals surface area contributed by atoms with Gasteiger partial charge < -0.3 is 10.4 Å². The van der Waals surface area contributed by atoms with Crippen molar-refractivity contribution in [1.82, 2.24) is 24.5 Å². The molecule has 2 N–H and O–H groups in total. The van der Waals surface area contributed by atoms with E-state index in [2.05, 4.69) is 19.8 Å². The molecule has 152 valence electrons. The van der Waals surface area contributed by atoms with Crippen molar-refractivity contribution in [2.24, 2.45) is 0 Å². The Hall–Kier alpha value is -3.12. The maximum Gasteiger partial charge on any atom is 0.433 e. The summed E-state index contributed by atoms with van der Waals surface area (Å²) >= 11 is 1.06. The molecule has 0 spiro atoms. The quantitative estimate of drug-likeness (QED) is 0.646. The first-order chi connectivity index (χ1) is 13.7. The number of aromatic nitrogens is 4. The summed E-state index contributed by atoms with van der Waals surface area (Å²) in [5, 5.41) is 17.2. The average molecular weight is 425 g/mol. The van der Waals surface area contributed by atoms with Gasteiger partial charge in [-0.05, 0) is 36.7 Å². The summed E-state index contributed by atoms with van der Waals surface area (Å²) in [6.45, 7) is 1.20. The number of hydrogen-bond acceptors (Lipinski definition) is 7. The van der Waals surface area contributed by atoms with Crippen molar-refractivity contribution >= 4 is 17.4 Å². The summed E-state index contributed by atoms with van der Waals surface area (Å²) in [4.78, 5) is 28.6. The van der Waals surface area contributed by atoms with Crippen LogP contribution in [0.1, 0.15) is 23.0 Å². The highest BCUT2D eigenvalue weighted by molar-refractivity contribution is 7.03. The molecule has 8 nitrogen and oxygen atoms in total. The second-order valence-electron chi connectivity index (χ2n) is 6.03. The van der Waals surface area contributed by atoms with Gasteiger partial charge in [-0.15, -0.1) is 0 Å². The average Bonchev–Trinajstić information content (AvgIpc) is 3.22. The number of aliphatic hydroxyl groups excluding tert-OH is 1. The fourth-order valence-electron chi connectivity index (χ4n) is 2.34. The third kappa shape index (κ3) is 4.49. The fourth-order valence-corrected chi connectivity index (χ4v) is 2.84. The maximum absolute atomic E-state index is 12.7. The van der Waals surface area contributed by atoms with E-state index in [0.717, 1.165) is 34.5 Å². The standard InChI is InChI=1S/C17H14F3N5O3S/c1-9(7-26)23-15(27)12-4-13(10-2-3-14(21-5-10)17(18,19)20)24-25(16(12)28)11-6-22-29-8-11/h2-6,8-9,26H,7H2,1H3,(H,23,27). The van der Waals surface area contributed by atoms with Crippen LogP contribution >= 0.6 is 11.5 Å². The SMILES string of the molecule is CC(CO)NC(=O)c1cc(-c2ccc(C(F)(F)F)nc2)nn(-c2cnsc2)c1=O. The van der Waals surface area contributed by atoms with E-state index in [4.69, 9.17) is 5.11 Å². The van der Waals surface area contributed by atoms with E-state index >= 15 is 0 Å². The van der Waals surface area contributed by atoms with E-state index in [1.807, 2.05) is 0 Å². The van der Waals surface area contributed by atoms with Gasteiger partial charge in [-0.2, -0.15) is 27.3 Å². The molecular formula is C17H14F3N5O3S. The second kappa shape index (κ2) is 8.09. The zero-order valence-electron chi connectivity index (χ0n) is 14.8. The van der Waals surface area contributed by atoms with Crippen molar-refractivity contribution in [3.63, 3.8) is 0 Å². The molecule has 1 atom stereocenters. The Bertz CT molecular complexity index is 1070. The molecule has 3 rings (SSSR count). The van der Waals surface area contributed by atoms with Gasteiger partial charge in [0, 0.05) is 23.2 Å². The van der Waals surface area contributed by atoms with Crippen LogP contribution in [-0.2, 0) is 6.18 Å². The zero-order chi connectivity index (χ0) is 21.2. The molecule has 0 saturated heterocycles. The van der Waals surface area contributed by atoms with Crippen LogP contribution in [-0.4, -0.2) is 42.8 Å². The predicted octanol–water partition coefficient (Wildman–Crippen LogP) is 1.88. The molecule has 3 aromatic rings. The van der Waals surface area contributed by atoms with Crippen LogP contribution in [0, 0.1) is 0 Å². The zero-order valence-corrected chi connectivity index (χ0v) is 15.7. The van der Waals surface area contributed by atoms with Gasteiger partial charge in [0.25, 0.3) is 11.5 Å². The van der Waals surface area contributed by atoms with E-state index < -0.39 is 29.4 Å². The lowest BCUT2D eigenvalue weighted by atomic mass is 10.1. The van der Waals surface area contributed by atoms with Crippen molar-refractivity contribution in [3.8, 4) is 16.9 Å². The molecule has 3 aromatic heterocycles. The minimum Gasteiger partial charge on any atom is -0.394 e. The lowest BCUT2D eigenvalue weighted by Gasteiger charge is -2.13. The third-order valence-electron chi connectivity index (χ3n) is 3.82. The molecule has 0 saturated carbocycles. The summed E-state index contributed by atoms with van der Waals surface area (Å²) in [6.07, 6.45) is -2.27. The maximum atomic E-state index is 12.7. The van der Waals surface area contributed by atoms with Gasteiger partial charge in [0.1, 0.15) is 11.3 Å². The highest BCUT2D eigenvalue weighted by Crippen LogP contribution is 2.28. The normalized spacial score (nSPS) is 12.6. The van der Waals surface area contributed by atoms with Crippen molar-refractivity contribution in [2.75, 3.05) is 6.61 Å². The number of aliphatic hydroxyl groups is 1. The van der Waals surface area contributed by atoms with Gasteiger partial charge in [0.05, 0.1) is 24.2 Å².